The summed E-state index contributed by atoms with van der Waals surface area (Å²) in [5.74, 6) is 0.352. The fourth-order valence-corrected chi connectivity index (χ4v) is 2.14. The summed E-state index contributed by atoms with van der Waals surface area (Å²) >= 11 is 1.17. The van der Waals surface area contributed by atoms with Crippen molar-refractivity contribution in [1.29, 1.82) is 0 Å². The second-order valence-electron chi connectivity index (χ2n) is 5.32. The fourth-order valence-electron chi connectivity index (χ4n) is 1.83. The van der Waals surface area contributed by atoms with Crippen LogP contribution in [0.2, 0.25) is 0 Å². The van der Waals surface area contributed by atoms with Crippen LogP contribution in [0.15, 0.2) is 18.2 Å². The van der Waals surface area contributed by atoms with E-state index in [2.05, 4.69) is 19.2 Å². The highest BCUT2D eigenvalue weighted by molar-refractivity contribution is 8.13. The Morgan fingerprint density at radius 3 is 2.71 bits per heavy atom. The monoisotopic (exact) mass is 313 g/mol. The minimum Gasteiger partial charge on any atom is -0.489 e. The van der Waals surface area contributed by atoms with E-state index in [1.54, 1.807) is 18.4 Å². The molecule has 1 unspecified atom stereocenters. The number of ether oxygens (including phenoxy) is 1. The second-order valence-corrected chi connectivity index (χ2v) is 6.18. The molecule has 0 amide bonds. The molecule has 0 heterocycles. The molecule has 0 aliphatic heterocycles. The first-order valence-electron chi connectivity index (χ1n) is 7.17. The number of carbonyl (C=O) groups excluding carboxylic acids is 1. The maximum Gasteiger partial charge on any atom is 0.189 e. The van der Waals surface area contributed by atoms with E-state index in [0.29, 0.717) is 30.2 Å². The molecule has 1 N–H and O–H groups in total. The zero-order valence-corrected chi connectivity index (χ0v) is 13.9. The molecule has 0 fully saturated rings. The van der Waals surface area contributed by atoms with Crippen LogP contribution in [0.1, 0.15) is 32.8 Å². The number of nitrogens with one attached hydrogen (secondary N) is 1. The fraction of sp³-hybridized carbons (Fsp3) is 0.562. The molecule has 0 bridgehead atoms. The zero-order chi connectivity index (χ0) is 15.8. The van der Waals surface area contributed by atoms with E-state index in [1.165, 1.54) is 17.8 Å². The third-order valence-electron chi connectivity index (χ3n) is 2.99. The molecule has 1 atom stereocenters. The van der Waals surface area contributed by atoms with Gasteiger partial charge in [-0.1, -0.05) is 25.6 Å². The second kappa shape index (κ2) is 9.05. The summed E-state index contributed by atoms with van der Waals surface area (Å²) in [5.41, 5.74) is 0.527. The van der Waals surface area contributed by atoms with Crippen molar-refractivity contribution in [3.8, 4) is 5.75 Å². The zero-order valence-electron chi connectivity index (χ0n) is 13.1. The van der Waals surface area contributed by atoms with Gasteiger partial charge in [-0.15, -0.1) is 0 Å². The lowest BCUT2D eigenvalue weighted by Gasteiger charge is -2.17. The van der Waals surface area contributed by atoms with E-state index in [4.69, 9.17) is 4.74 Å². The number of thioether (sulfide) groups is 1. The Kier molecular flexibility index (Phi) is 7.75. The third-order valence-corrected chi connectivity index (χ3v) is 3.65. The predicted molar refractivity (Wildman–Crippen MR) is 86.5 cm³/mol. The van der Waals surface area contributed by atoms with E-state index >= 15 is 0 Å². The van der Waals surface area contributed by atoms with Gasteiger partial charge in [0.2, 0.25) is 0 Å². The highest BCUT2D eigenvalue weighted by Gasteiger charge is 2.10. The Balaban J connectivity index is 2.61. The van der Waals surface area contributed by atoms with Crippen LogP contribution < -0.4 is 10.1 Å². The molecule has 1 aromatic rings. The molecule has 0 aromatic heterocycles. The van der Waals surface area contributed by atoms with Crippen LogP contribution in [0.5, 0.6) is 5.75 Å². The molecule has 0 radical (unpaired) electrons. The molecule has 21 heavy (non-hydrogen) atoms. The summed E-state index contributed by atoms with van der Waals surface area (Å²) < 4.78 is 19.5. The van der Waals surface area contributed by atoms with Gasteiger partial charge in [-0.2, -0.15) is 0 Å². The van der Waals surface area contributed by atoms with Crippen molar-refractivity contribution in [2.75, 3.05) is 12.8 Å². The van der Waals surface area contributed by atoms with Gasteiger partial charge in [0.15, 0.2) is 5.12 Å². The Bertz CT molecular complexity index is 466. The van der Waals surface area contributed by atoms with E-state index in [1.807, 2.05) is 6.92 Å². The van der Waals surface area contributed by atoms with Crippen molar-refractivity contribution in [2.24, 2.45) is 0 Å². The minimum absolute atomic E-state index is 0.00135. The normalized spacial score (nSPS) is 12.5. The topological polar surface area (TPSA) is 38.3 Å². The Hall–Kier alpha value is -1.07. The highest BCUT2D eigenvalue weighted by atomic mass is 32.2. The lowest BCUT2D eigenvalue weighted by Crippen LogP contribution is -2.33. The van der Waals surface area contributed by atoms with Gasteiger partial charge in [0.05, 0.1) is 0 Å². The Labute approximate surface area is 130 Å². The van der Waals surface area contributed by atoms with Crippen LogP contribution in [-0.2, 0) is 11.2 Å². The summed E-state index contributed by atoms with van der Waals surface area (Å²) in [6.45, 7) is 6.85. The van der Waals surface area contributed by atoms with Gasteiger partial charge < -0.3 is 10.1 Å². The van der Waals surface area contributed by atoms with Crippen molar-refractivity contribution >= 4 is 16.9 Å². The molecule has 0 spiro atoms. The number of benzene rings is 1. The Morgan fingerprint density at radius 2 is 2.10 bits per heavy atom. The Morgan fingerprint density at radius 1 is 1.38 bits per heavy atom. The molecule has 3 nitrogen and oxygen atoms in total. The predicted octanol–water partition coefficient (Wildman–Crippen LogP) is 3.41. The number of hydrogen-bond acceptors (Lipinski definition) is 4. The molecule has 0 aliphatic rings. The number of carbonyl (C=O) groups is 1. The van der Waals surface area contributed by atoms with Crippen molar-refractivity contribution in [3.63, 3.8) is 0 Å². The van der Waals surface area contributed by atoms with Crippen LogP contribution in [0, 0.1) is 5.82 Å². The van der Waals surface area contributed by atoms with Crippen molar-refractivity contribution in [1.82, 2.24) is 5.32 Å². The van der Waals surface area contributed by atoms with Crippen molar-refractivity contribution in [2.45, 2.75) is 45.8 Å². The molecule has 1 aromatic carbocycles. The van der Waals surface area contributed by atoms with Crippen molar-refractivity contribution in [3.05, 3.63) is 29.6 Å². The summed E-state index contributed by atoms with van der Waals surface area (Å²) in [4.78, 5) is 11.3. The van der Waals surface area contributed by atoms with Gasteiger partial charge >= 0.3 is 0 Å². The number of halogens is 1. The molecular weight excluding hydrogens is 289 g/mol. The first-order chi connectivity index (χ1) is 9.92. The number of aryl methyl sites for hydroxylation is 1. The molecule has 5 heteroatoms. The molecule has 1 rings (SSSR count). The minimum atomic E-state index is -0.288. The lowest BCUT2D eigenvalue weighted by atomic mass is 10.1. The van der Waals surface area contributed by atoms with Crippen LogP contribution in [0.25, 0.3) is 0 Å². The quantitative estimate of drug-likeness (QED) is 0.798. The highest BCUT2D eigenvalue weighted by Crippen LogP contribution is 2.20. The summed E-state index contributed by atoms with van der Waals surface area (Å²) in [6, 6.07) is 5.12. The molecule has 0 saturated heterocycles. The largest absolute Gasteiger partial charge is 0.489 e. The standard InChI is InChI=1S/C16H24FNO2S/c1-11(2)18-10-12(3)20-14-6-7-15(17)13(9-14)5-8-16(19)21-4/h6-7,9,11-12,18H,5,8,10H2,1-4H3. The lowest BCUT2D eigenvalue weighted by molar-refractivity contribution is -0.110. The van der Waals surface area contributed by atoms with Crippen LogP contribution in [-0.4, -0.2) is 30.1 Å². The molecule has 0 aliphatic carbocycles. The average Bonchev–Trinajstić information content (AvgIpc) is 2.45. The summed E-state index contributed by atoms with van der Waals surface area (Å²) in [6.07, 6.45) is 2.48. The van der Waals surface area contributed by atoms with Gasteiger partial charge in [0.25, 0.3) is 0 Å². The van der Waals surface area contributed by atoms with Crippen LogP contribution in [0.3, 0.4) is 0 Å². The number of rotatable bonds is 8. The SMILES string of the molecule is CSC(=O)CCc1cc(OC(C)CNC(C)C)ccc1F. The maximum atomic E-state index is 13.7. The first-order valence-corrected chi connectivity index (χ1v) is 8.40. The van der Waals surface area contributed by atoms with Crippen LogP contribution >= 0.6 is 11.8 Å². The van der Waals surface area contributed by atoms with Crippen LogP contribution in [0.4, 0.5) is 4.39 Å². The van der Waals surface area contributed by atoms with E-state index in [-0.39, 0.29) is 17.0 Å². The molecule has 118 valence electrons. The van der Waals surface area contributed by atoms with Gasteiger partial charge in [-0.3, -0.25) is 4.79 Å². The van der Waals surface area contributed by atoms with Gasteiger partial charge in [0, 0.05) is 19.0 Å². The van der Waals surface area contributed by atoms with E-state index in [9.17, 15) is 9.18 Å². The first kappa shape index (κ1) is 18.0. The molecule has 0 saturated carbocycles. The van der Waals surface area contributed by atoms with E-state index in [0.717, 1.165) is 6.54 Å². The molecular formula is C16H24FNO2S. The van der Waals surface area contributed by atoms with Gasteiger partial charge in [-0.25, -0.2) is 4.39 Å². The van der Waals surface area contributed by atoms with Gasteiger partial charge in [-0.05, 0) is 43.4 Å². The summed E-state index contributed by atoms with van der Waals surface area (Å²) in [5, 5.41) is 3.36. The third kappa shape index (κ3) is 6.96. The number of hydrogen-bond donors (Lipinski definition) is 1. The van der Waals surface area contributed by atoms with Crippen molar-refractivity contribution < 1.29 is 13.9 Å². The summed E-state index contributed by atoms with van der Waals surface area (Å²) in [7, 11) is 0. The smallest absolute Gasteiger partial charge is 0.189 e. The average molecular weight is 313 g/mol. The van der Waals surface area contributed by atoms with E-state index < -0.39 is 0 Å². The maximum absolute atomic E-state index is 13.7. The van der Waals surface area contributed by atoms with Gasteiger partial charge in [0.1, 0.15) is 17.7 Å².